The zero-order valence-electron chi connectivity index (χ0n) is 14.9. The van der Waals surface area contributed by atoms with Crippen molar-refractivity contribution in [1.29, 1.82) is 0 Å². The molecule has 0 radical (unpaired) electrons. The van der Waals surface area contributed by atoms with Crippen LogP contribution in [0.2, 0.25) is 0 Å². The van der Waals surface area contributed by atoms with Gasteiger partial charge >= 0.3 is 0 Å². The third kappa shape index (κ3) is 5.68. The molecule has 1 aromatic heterocycles. The van der Waals surface area contributed by atoms with E-state index >= 15 is 0 Å². The number of aliphatic imine (C=N–C) groups is 1. The second-order valence-electron chi connectivity index (χ2n) is 5.86. The summed E-state index contributed by atoms with van der Waals surface area (Å²) in [6.45, 7) is 6.34. The highest BCUT2D eigenvalue weighted by Gasteiger charge is 2.06. The first-order chi connectivity index (χ1) is 11.7. The SMILES string of the molecule is CCCCCNC(=NCc1ccccc1)NCc1nnc(C)n1C. The fraction of sp³-hybridized carbons (Fsp3) is 0.500. The highest BCUT2D eigenvalue weighted by atomic mass is 15.3. The lowest BCUT2D eigenvalue weighted by atomic mass is 10.2. The Bertz CT molecular complexity index is 632. The molecule has 0 saturated heterocycles. The molecule has 0 bridgehead atoms. The summed E-state index contributed by atoms with van der Waals surface area (Å²) in [6, 6.07) is 10.3. The lowest BCUT2D eigenvalue weighted by Crippen LogP contribution is -2.38. The smallest absolute Gasteiger partial charge is 0.191 e. The Morgan fingerprint density at radius 2 is 1.92 bits per heavy atom. The number of nitrogens with zero attached hydrogens (tertiary/aromatic N) is 4. The monoisotopic (exact) mass is 328 g/mol. The van der Waals surface area contributed by atoms with Crippen LogP contribution in [0, 0.1) is 6.92 Å². The van der Waals surface area contributed by atoms with Crippen LogP contribution in [0.15, 0.2) is 35.3 Å². The summed E-state index contributed by atoms with van der Waals surface area (Å²) in [5.41, 5.74) is 1.20. The van der Waals surface area contributed by atoms with Gasteiger partial charge in [0.05, 0.1) is 13.1 Å². The average Bonchev–Trinajstić information content (AvgIpc) is 2.93. The number of rotatable bonds is 8. The second kappa shape index (κ2) is 9.70. The van der Waals surface area contributed by atoms with Crippen LogP contribution in [0.5, 0.6) is 0 Å². The van der Waals surface area contributed by atoms with Gasteiger partial charge in [-0.2, -0.15) is 0 Å². The molecule has 130 valence electrons. The molecule has 0 aliphatic carbocycles. The van der Waals surface area contributed by atoms with Gasteiger partial charge in [-0.3, -0.25) is 0 Å². The molecule has 2 N–H and O–H groups in total. The average molecular weight is 328 g/mol. The third-order valence-electron chi connectivity index (χ3n) is 3.93. The minimum atomic E-state index is 0.603. The predicted molar refractivity (Wildman–Crippen MR) is 97.7 cm³/mol. The van der Waals surface area contributed by atoms with Crippen molar-refractivity contribution in [2.24, 2.45) is 12.0 Å². The van der Waals surface area contributed by atoms with Crippen molar-refractivity contribution in [2.75, 3.05) is 6.54 Å². The van der Waals surface area contributed by atoms with E-state index in [1.165, 1.54) is 18.4 Å². The quantitative estimate of drug-likeness (QED) is 0.444. The largest absolute Gasteiger partial charge is 0.356 e. The Balaban J connectivity index is 1.94. The summed E-state index contributed by atoms with van der Waals surface area (Å²) < 4.78 is 1.99. The summed E-state index contributed by atoms with van der Waals surface area (Å²) >= 11 is 0. The Labute approximate surface area is 144 Å². The molecule has 0 aliphatic heterocycles. The Morgan fingerprint density at radius 3 is 2.58 bits per heavy atom. The normalized spacial score (nSPS) is 11.5. The highest BCUT2D eigenvalue weighted by Crippen LogP contribution is 2.01. The van der Waals surface area contributed by atoms with E-state index in [-0.39, 0.29) is 0 Å². The van der Waals surface area contributed by atoms with E-state index in [4.69, 9.17) is 0 Å². The molecule has 0 saturated carbocycles. The van der Waals surface area contributed by atoms with Crippen LogP contribution in [0.1, 0.15) is 43.4 Å². The molecule has 2 rings (SSSR count). The van der Waals surface area contributed by atoms with E-state index < -0.39 is 0 Å². The molecule has 6 nitrogen and oxygen atoms in total. The number of aromatic nitrogens is 3. The minimum absolute atomic E-state index is 0.603. The molecule has 0 aliphatic rings. The Morgan fingerprint density at radius 1 is 1.12 bits per heavy atom. The van der Waals surface area contributed by atoms with Crippen LogP contribution in [0.3, 0.4) is 0 Å². The molecular formula is C18H28N6. The maximum atomic E-state index is 4.68. The molecule has 0 amide bonds. The van der Waals surface area contributed by atoms with Crippen molar-refractivity contribution < 1.29 is 0 Å². The first-order valence-corrected chi connectivity index (χ1v) is 8.61. The van der Waals surface area contributed by atoms with Gasteiger partial charge in [0.1, 0.15) is 5.82 Å². The van der Waals surface area contributed by atoms with E-state index in [2.05, 4.69) is 44.9 Å². The van der Waals surface area contributed by atoms with E-state index in [1.807, 2.05) is 36.7 Å². The summed E-state index contributed by atoms with van der Waals surface area (Å²) in [5.74, 6) is 2.62. The summed E-state index contributed by atoms with van der Waals surface area (Å²) in [6.07, 6.45) is 3.58. The van der Waals surface area contributed by atoms with Crippen LogP contribution in [-0.2, 0) is 20.1 Å². The third-order valence-corrected chi connectivity index (χ3v) is 3.93. The van der Waals surface area contributed by atoms with Crippen molar-refractivity contribution in [3.05, 3.63) is 47.5 Å². The number of hydrogen-bond donors (Lipinski definition) is 2. The highest BCUT2D eigenvalue weighted by molar-refractivity contribution is 5.79. The van der Waals surface area contributed by atoms with Crippen LogP contribution < -0.4 is 10.6 Å². The van der Waals surface area contributed by atoms with Crippen LogP contribution >= 0.6 is 0 Å². The molecule has 6 heteroatoms. The molecule has 0 spiro atoms. The van der Waals surface area contributed by atoms with Crippen LogP contribution in [0.25, 0.3) is 0 Å². The van der Waals surface area contributed by atoms with E-state index in [0.29, 0.717) is 13.1 Å². The Kier molecular flexibility index (Phi) is 7.26. The number of nitrogens with one attached hydrogen (secondary N) is 2. The standard InChI is InChI=1S/C18H28N6/c1-4-5-9-12-19-18(20-13-16-10-7-6-8-11-16)21-14-17-23-22-15(2)24(17)3/h6-8,10-11H,4-5,9,12-14H2,1-3H3,(H2,19,20,21). The van der Waals surface area contributed by atoms with Gasteiger partial charge in [-0.15, -0.1) is 10.2 Å². The first-order valence-electron chi connectivity index (χ1n) is 8.61. The predicted octanol–water partition coefficient (Wildman–Crippen LogP) is 2.55. The molecule has 24 heavy (non-hydrogen) atoms. The van der Waals surface area contributed by atoms with Crippen LogP contribution in [0.4, 0.5) is 0 Å². The number of benzene rings is 1. The van der Waals surface area contributed by atoms with Gasteiger partial charge in [-0.1, -0.05) is 50.1 Å². The van der Waals surface area contributed by atoms with E-state index in [9.17, 15) is 0 Å². The summed E-state index contributed by atoms with van der Waals surface area (Å²) in [7, 11) is 1.97. The second-order valence-corrected chi connectivity index (χ2v) is 5.86. The van der Waals surface area contributed by atoms with Gasteiger partial charge in [-0.05, 0) is 18.9 Å². The van der Waals surface area contributed by atoms with Crippen molar-refractivity contribution in [3.63, 3.8) is 0 Å². The molecule has 1 aromatic carbocycles. The van der Waals surface area contributed by atoms with Crippen molar-refractivity contribution >= 4 is 5.96 Å². The molecule has 2 aromatic rings. The van der Waals surface area contributed by atoms with Gasteiger partial charge in [0.25, 0.3) is 0 Å². The van der Waals surface area contributed by atoms with Crippen molar-refractivity contribution in [3.8, 4) is 0 Å². The number of aryl methyl sites for hydroxylation is 1. The van der Waals surface area contributed by atoms with E-state index in [1.54, 1.807) is 0 Å². The van der Waals surface area contributed by atoms with Gasteiger partial charge in [0.15, 0.2) is 11.8 Å². The summed E-state index contributed by atoms with van der Waals surface area (Å²) in [4.78, 5) is 4.68. The fourth-order valence-electron chi connectivity index (χ4n) is 2.28. The maximum absolute atomic E-state index is 4.68. The molecule has 1 heterocycles. The van der Waals surface area contributed by atoms with Gasteiger partial charge < -0.3 is 15.2 Å². The zero-order chi connectivity index (χ0) is 17.2. The summed E-state index contributed by atoms with van der Waals surface area (Å²) in [5, 5.41) is 15.0. The van der Waals surface area contributed by atoms with Gasteiger partial charge in [-0.25, -0.2) is 4.99 Å². The maximum Gasteiger partial charge on any atom is 0.191 e. The molecule has 0 atom stereocenters. The van der Waals surface area contributed by atoms with Gasteiger partial charge in [0, 0.05) is 13.6 Å². The zero-order valence-corrected chi connectivity index (χ0v) is 14.9. The first kappa shape index (κ1) is 18.0. The van der Waals surface area contributed by atoms with Gasteiger partial charge in [0.2, 0.25) is 0 Å². The van der Waals surface area contributed by atoms with E-state index in [0.717, 1.165) is 30.6 Å². The number of hydrogen-bond acceptors (Lipinski definition) is 3. The van der Waals surface area contributed by atoms with Crippen molar-refractivity contribution in [1.82, 2.24) is 25.4 Å². The van der Waals surface area contributed by atoms with Crippen molar-refractivity contribution in [2.45, 2.75) is 46.2 Å². The fourth-order valence-corrected chi connectivity index (χ4v) is 2.28. The molecular weight excluding hydrogens is 300 g/mol. The Hall–Kier alpha value is -2.37. The lowest BCUT2D eigenvalue weighted by Gasteiger charge is -2.12. The molecule has 0 fully saturated rings. The topological polar surface area (TPSA) is 67.1 Å². The number of unbranched alkanes of at least 4 members (excludes halogenated alkanes) is 2. The lowest BCUT2D eigenvalue weighted by molar-refractivity contribution is 0.670. The molecule has 0 unspecified atom stereocenters. The van der Waals surface area contributed by atoms with Crippen LogP contribution in [-0.4, -0.2) is 27.3 Å². The minimum Gasteiger partial charge on any atom is -0.356 e. The number of guanidine groups is 1.